The summed E-state index contributed by atoms with van der Waals surface area (Å²) in [6.45, 7) is 19.5. The molecular weight excluding hydrogens is 576 g/mol. The third-order valence-electron chi connectivity index (χ3n) is 9.09. The zero-order valence-corrected chi connectivity index (χ0v) is 29.4. The number of para-hydroxylation sites is 1. The molecule has 5 heteroatoms. The minimum absolute atomic E-state index is 0.0910. The summed E-state index contributed by atoms with van der Waals surface area (Å²) in [6.07, 6.45) is 1.84. The first-order valence-electron chi connectivity index (χ1n) is 16.4. The number of aromatic hydroxyl groups is 1. The number of benzene rings is 4. The predicted molar refractivity (Wildman–Crippen MR) is 197 cm³/mol. The lowest BCUT2D eigenvalue weighted by Gasteiger charge is -2.28. The van der Waals surface area contributed by atoms with Crippen LogP contribution in [-0.2, 0) is 17.9 Å². The van der Waals surface area contributed by atoms with Gasteiger partial charge in [0.05, 0.1) is 22.3 Å². The molecule has 0 aliphatic heterocycles. The molecule has 6 aromatic rings. The second kappa shape index (κ2) is 11.7. The number of aromatic nitrogens is 3. The van der Waals surface area contributed by atoms with Crippen LogP contribution in [0.15, 0.2) is 91.1 Å². The van der Waals surface area contributed by atoms with Crippen molar-refractivity contribution in [1.29, 1.82) is 0 Å². The predicted octanol–water partition coefficient (Wildman–Crippen LogP) is 11.0. The second-order valence-electron chi connectivity index (χ2n) is 14.9. The molecule has 240 valence electrons. The quantitative estimate of drug-likeness (QED) is 0.208. The first-order chi connectivity index (χ1) is 22.1. The number of aryl methyl sites for hydroxylation is 4. The molecule has 5 nitrogen and oxygen atoms in total. The van der Waals surface area contributed by atoms with Crippen LogP contribution in [0.2, 0.25) is 0 Å². The number of pyridine rings is 1. The average molecular weight is 623 g/mol. The SMILES string of the molecule is Cc1cc(C)c(N(c2cccc(-c3cccc4c3nc(-c3cc(C(C)(C)C)cc(C(C)(C)C)c3O)n4C)c2)c2ccccn2)c(C)c1. The van der Waals surface area contributed by atoms with Crippen LogP contribution in [0.4, 0.5) is 17.2 Å². The van der Waals surface area contributed by atoms with E-state index in [1.54, 1.807) is 0 Å². The molecule has 2 aromatic heterocycles. The topological polar surface area (TPSA) is 54.2 Å². The minimum atomic E-state index is -0.232. The smallest absolute Gasteiger partial charge is 0.144 e. The van der Waals surface area contributed by atoms with Crippen molar-refractivity contribution in [3.05, 3.63) is 119 Å². The van der Waals surface area contributed by atoms with E-state index in [1.807, 2.05) is 25.4 Å². The van der Waals surface area contributed by atoms with Gasteiger partial charge in [0.25, 0.3) is 0 Å². The van der Waals surface area contributed by atoms with E-state index in [4.69, 9.17) is 9.97 Å². The zero-order chi connectivity index (χ0) is 33.8. The molecule has 47 heavy (non-hydrogen) atoms. The molecule has 0 saturated carbocycles. The standard InChI is InChI=1S/C42H46N4O/c1-26-21-27(2)38(28(3)22-26)46(36-19-11-12-20-43-36)31-16-13-15-29(23-31)32-17-14-18-35-37(32)44-40(45(35)10)33-24-30(41(4,5)6)25-34(39(33)47)42(7,8)9/h11-25,47H,1-10H3. The van der Waals surface area contributed by atoms with Gasteiger partial charge in [0.2, 0.25) is 0 Å². The summed E-state index contributed by atoms with van der Waals surface area (Å²) in [5.74, 6) is 1.91. The van der Waals surface area contributed by atoms with E-state index < -0.39 is 0 Å². The summed E-state index contributed by atoms with van der Waals surface area (Å²) in [5.41, 5.74) is 12.3. The van der Waals surface area contributed by atoms with Gasteiger partial charge in [-0.3, -0.25) is 4.90 Å². The molecule has 0 bridgehead atoms. The van der Waals surface area contributed by atoms with Crippen LogP contribution in [0.5, 0.6) is 5.75 Å². The number of phenolic OH excluding ortho intramolecular Hbond substituents is 1. The molecule has 0 amide bonds. The Hall–Kier alpha value is -4.90. The highest BCUT2D eigenvalue weighted by Crippen LogP contribution is 2.44. The van der Waals surface area contributed by atoms with Gasteiger partial charge in [0, 0.05) is 30.1 Å². The van der Waals surface area contributed by atoms with Crippen LogP contribution in [0, 0.1) is 20.8 Å². The van der Waals surface area contributed by atoms with Gasteiger partial charge < -0.3 is 9.67 Å². The number of hydrogen-bond donors (Lipinski definition) is 1. The Balaban J connectivity index is 1.55. The van der Waals surface area contributed by atoms with Crippen molar-refractivity contribution in [2.75, 3.05) is 4.90 Å². The van der Waals surface area contributed by atoms with Crippen LogP contribution in [0.25, 0.3) is 33.5 Å². The molecule has 0 radical (unpaired) electrons. The molecular formula is C42H46N4O. The summed E-state index contributed by atoms with van der Waals surface area (Å²) in [4.78, 5) is 12.3. The lowest BCUT2D eigenvalue weighted by Crippen LogP contribution is -2.17. The van der Waals surface area contributed by atoms with Crippen molar-refractivity contribution in [3.63, 3.8) is 0 Å². The maximum absolute atomic E-state index is 11.7. The molecule has 0 saturated heterocycles. The van der Waals surface area contributed by atoms with E-state index in [9.17, 15) is 5.11 Å². The summed E-state index contributed by atoms with van der Waals surface area (Å²) in [6, 6.07) is 29.7. The Morgan fingerprint density at radius 3 is 2.06 bits per heavy atom. The fraction of sp³-hybridized carbons (Fsp3) is 0.286. The molecule has 1 N–H and O–H groups in total. The number of imidazole rings is 1. The average Bonchev–Trinajstić information content (AvgIpc) is 3.34. The summed E-state index contributed by atoms with van der Waals surface area (Å²) in [7, 11) is 2.04. The molecule has 4 aromatic carbocycles. The van der Waals surface area contributed by atoms with E-state index >= 15 is 0 Å². The first-order valence-corrected chi connectivity index (χ1v) is 16.4. The Bertz CT molecular complexity index is 2090. The number of hydrogen-bond acceptors (Lipinski definition) is 4. The van der Waals surface area contributed by atoms with Crippen molar-refractivity contribution in [2.45, 2.75) is 73.1 Å². The molecule has 6 rings (SSSR count). The molecule has 0 spiro atoms. The maximum Gasteiger partial charge on any atom is 0.144 e. The third kappa shape index (κ3) is 5.91. The van der Waals surface area contributed by atoms with Crippen molar-refractivity contribution in [1.82, 2.24) is 14.5 Å². The number of nitrogens with zero attached hydrogens (tertiary/aromatic N) is 4. The summed E-state index contributed by atoms with van der Waals surface area (Å²) >= 11 is 0. The Morgan fingerprint density at radius 2 is 1.43 bits per heavy atom. The van der Waals surface area contributed by atoms with Crippen LogP contribution in [0.3, 0.4) is 0 Å². The monoisotopic (exact) mass is 622 g/mol. The van der Waals surface area contributed by atoms with E-state index in [0.29, 0.717) is 5.75 Å². The van der Waals surface area contributed by atoms with Crippen molar-refractivity contribution in [2.24, 2.45) is 7.05 Å². The maximum atomic E-state index is 11.7. The van der Waals surface area contributed by atoms with Crippen LogP contribution >= 0.6 is 0 Å². The number of rotatable bonds is 5. The largest absolute Gasteiger partial charge is 0.507 e. The number of anilines is 3. The first kappa shape index (κ1) is 32.1. The Kier molecular flexibility index (Phi) is 7.99. The zero-order valence-electron chi connectivity index (χ0n) is 29.4. The molecule has 0 unspecified atom stereocenters. The van der Waals surface area contributed by atoms with Crippen molar-refractivity contribution < 1.29 is 5.11 Å². The highest BCUT2D eigenvalue weighted by atomic mass is 16.3. The third-order valence-corrected chi connectivity index (χ3v) is 9.09. The van der Waals surface area contributed by atoms with Crippen molar-refractivity contribution in [3.8, 4) is 28.3 Å². The Morgan fingerprint density at radius 1 is 0.723 bits per heavy atom. The van der Waals surface area contributed by atoms with Crippen LogP contribution in [0.1, 0.15) is 69.4 Å². The molecule has 0 aliphatic carbocycles. The van der Waals surface area contributed by atoms with Gasteiger partial charge in [-0.1, -0.05) is 95.6 Å². The van der Waals surface area contributed by atoms with Gasteiger partial charge >= 0.3 is 0 Å². The van der Waals surface area contributed by atoms with E-state index in [1.165, 1.54) is 22.3 Å². The number of phenols is 1. The highest BCUT2D eigenvalue weighted by Gasteiger charge is 2.28. The fourth-order valence-electron chi connectivity index (χ4n) is 6.70. The van der Waals surface area contributed by atoms with E-state index in [0.717, 1.165) is 56.3 Å². The normalized spacial score (nSPS) is 12.1. The summed E-state index contributed by atoms with van der Waals surface area (Å²) in [5, 5.41) is 11.7. The minimum Gasteiger partial charge on any atom is -0.507 e. The second-order valence-corrected chi connectivity index (χ2v) is 14.9. The van der Waals surface area contributed by atoms with Crippen molar-refractivity contribution >= 4 is 28.2 Å². The Labute approximate surface area is 279 Å². The molecule has 0 atom stereocenters. The van der Waals surface area contributed by atoms with E-state index in [2.05, 4.69) is 145 Å². The van der Waals surface area contributed by atoms with Gasteiger partial charge in [-0.2, -0.15) is 0 Å². The molecule has 0 fully saturated rings. The highest BCUT2D eigenvalue weighted by molar-refractivity contribution is 5.96. The van der Waals surface area contributed by atoms with Gasteiger partial charge in [-0.15, -0.1) is 0 Å². The number of fused-ring (bicyclic) bond motifs is 1. The van der Waals surface area contributed by atoms with E-state index in [-0.39, 0.29) is 10.8 Å². The summed E-state index contributed by atoms with van der Waals surface area (Å²) < 4.78 is 2.11. The van der Waals surface area contributed by atoms with Crippen LogP contribution < -0.4 is 4.90 Å². The van der Waals surface area contributed by atoms with Gasteiger partial charge in [0.1, 0.15) is 17.4 Å². The fourth-order valence-corrected chi connectivity index (χ4v) is 6.70. The van der Waals surface area contributed by atoms with Crippen LogP contribution in [-0.4, -0.2) is 19.6 Å². The van der Waals surface area contributed by atoms with Gasteiger partial charge in [0.15, 0.2) is 0 Å². The molecule has 0 aliphatic rings. The lowest BCUT2D eigenvalue weighted by molar-refractivity contribution is 0.446. The molecule has 2 heterocycles. The van der Waals surface area contributed by atoms with Gasteiger partial charge in [-0.25, -0.2) is 9.97 Å². The van der Waals surface area contributed by atoms with Gasteiger partial charge in [-0.05, 0) is 90.3 Å². The lowest BCUT2D eigenvalue weighted by atomic mass is 9.79.